The highest BCUT2D eigenvalue weighted by molar-refractivity contribution is 5.95. The van der Waals surface area contributed by atoms with Crippen molar-refractivity contribution < 1.29 is 22.9 Å². The maximum Gasteiger partial charge on any atom is 0.416 e. The van der Waals surface area contributed by atoms with Gasteiger partial charge < -0.3 is 9.80 Å². The van der Waals surface area contributed by atoms with E-state index in [0.29, 0.717) is 17.3 Å². The van der Waals surface area contributed by atoms with Crippen LogP contribution in [0, 0.1) is 17.0 Å². The molecule has 1 aliphatic heterocycles. The Morgan fingerprint density at radius 3 is 2.26 bits per heavy atom. The van der Waals surface area contributed by atoms with Gasteiger partial charge in [0.05, 0.1) is 27.4 Å². The minimum absolute atomic E-state index is 0.107. The fourth-order valence-electron chi connectivity index (χ4n) is 3.99. The van der Waals surface area contributed by atoms with Crippen molar-refractivity contribution in [1.29, 1.82) is 0 Å². The highest BCUT2D eigenvalue weighted by Crippen LogP contribution is 2.36. The SMILES string of the molecule is Cc1nc(-c2ccccc2)ccc1C(=O)N1CCN(c2ccc(C(F)(F)F)cc2[N+](=O)[O-])CC1. The molecule has 1 amide bonds. The number of pyridine rings is 1. The molecular formula is C24H21F3N4O3. The van der Waals surface area contributed by atoms with Crippen LogP contribution in [0.25, 0.3) is 11.3 Å². The van der Waals surface area contributed by atoms with E-state index >= 15 is 0 Å². The lowest BCUT2D eigenvalue weighted by Gasteiger charge is -2.36. The van der Waals surface area contributed by atoms with Gasteiger partial charge in [-0.15, -0.1) is 0 Å². The Morgan fingerprint density at radius 1 is 1.00 bits per heavy atom. The Hall–Kier alpha value is -3.95. The minimum Gasteiger partial charge on any atom is -0.362 e. The molecular weight excluding hydrogens is 449 g/mol. The summed E-state index contributed by atoms with van der Waals surface area (Å²) in [5.74, 6) is -0.203. The standard InChI is InChI=1S/C24H21F3N4O3/c1-16-19(8-9-20(28-16)17-5-3-2-4-6-17)23(32)30-13-11-29(12-14-30)21-10-7-18(24(25,26)27)15-22(21)31(33)34/h2-10,15H,11-14H2,1H3. The van der Waals surface area contributed by atoms with Crippen molar-refractivity contribution in [3.63, 3.8) is 0 Å². The van der Waals surface area contributed by atoms with Gasteiger partial charge in [-0.1, -0.05) is 30.3 Å². The van der Waals surface area contributed by atoms with Crippen LogP contribution in [0.3, 0.4) is 0 Å². The molecule has 0 saturated carbocycles. The number of nitrogens with zero attached hydrogens (tertiary/aromatic N) is 4. The third-order valence-electron chi connectivity index (χ3n) is 5.79. The molecule has 0 bridgehead atoms. The van der Waals surface area contributed by atoms with E-state index in [9.17, 15) is 28.1 Å². The molecule has 4 rings (SSSR count). The molecule has 10 heteroatoms. The summed E-state index contributed by atoms with van der Waals surface area (Å²) in [6, 6.07) is 15.6. The number of carbonyl (C=O) groups is 1. The Labute approximate surface area is 193 Å². The van der Waals surface area contributed by atoms with Gasteiger partial charge in [0.25, 0.3) is 11.6 Å². The van der Waals surface area contributed by atoms with Crippen LogP contribution in [-0.2, 0) is 6.18 Å². The van der Waals surface area contributed by atoms with E-state index in [-0.39, 0.29) is 37.8 Å². The molecule has 1 aliphatic rings. The van der Waals surface area contributed by atoms with E-state index in [4.69, 9.17) is 0 Å². The number of aromatic nitrogens is 1. The Bertz CT molecular complexity index is 1220. The van der Waals surface area contributed by atoms with Crippen molar-refractivity contribution in [2.24, 2.45) is 0 Å². The van der Waals surface area contributed by atoms with Gasteiger partial charge in [0.2, 0.25) is 0 Å². The number of alkyl halides is 3. The molecule has 0 atom stereocenters. The van der Waals surface area contributed by atoms with E-state index in [1.807, 2.05) is 30.3 Å². The highest BCUT2D eigenvalue weighted by Gasteiger charge is 2.34. The van der Waals surface area contributed by atoms with E-state index in [0.717, 1.165) is 23.4 Å². The number of piperazine rings is 1. The van der Waals surface area contributed by atoms with Crippen molar-refractivity contribution in [1.82, 2.24) is 9.88 Å². The molecule has 0 aliphatic carbocycles. The van der Waals surface area contributed by atoms with Gasteiger partial charge in [-0.3, -0.25) is 19.9 Å². The van der Waals surface area contributed by atoms with Crippen LogP contribution in [0.15, 0.2) is 60.7 Å². The second-order valence-electron chi connectivity index (χ2n) is 7.93. The third kappa shape index (κ3) is 4.70. The number of hydrogen-bond acceptors (Lipinski definition) is 5. The smallest absolute Gasteiger partial charge is 0.362 e. The van der Waals surface area contributed by atoms with Crippen LogP contribution < -0.4 is 4.90 Å². The quantitative estimate of drug-likeness (QED) is 0.398. The second-order valence-corrected chi connectivity index (χ2v) is 7.93. The predicted octanol–water partition coefficient (Wildman–Crippen LogP) is 4.95. The number of nitro benzene ring substituents is 1. The molecule has 1 fully saturated rings. The lowest BCUT2D eigenvalue weighted by Crippen LogP contribution is -2.49. The first-order valence-electron chi connectivity index (χ1n) is 10.6. The molecule has 3 aromatic rings. The molecule has 0 radical (unpaired) electrons. The summed E-state index contributed by atoms with van der Waals surface area (Å²) in [5.41, 5.74) is 1.19. The summed E-state index contributed by atoms with van der Waals surface area (Å²) in [6.07, 6.45) is -4.67. The molecule has 2 aromatic carbocycles. The Balaban J connectivity index is 1.48. The first-order valence-corrected chi connectivity index (χ1v) is 10.6. The first-order chi connectivity index (χ1) is 16.1. The summed E-state index contributed by atoms with van der Waals surface area (Å²) >= 11 is 0. The average Bonchev–Trinajstić information content (AvgIpc) is 2.83. The van der Waals surface area contributed by atoms with Crippen LogP contribution in [-0.4, -0.2) is 46.9 Å². The normalized spacial score (nSPS) is 14.2. The van der Waals surface area contributed by atoms with Crippen LogP contribution in [0.5, 0.6) is 0 Å². The molecule has 34 heavy (non-hydrogen) atoms. The number of carbonyl (C=O) groups excluding carboxylic acids is 1. The minimum atomic E-state index is -4.67. The first kappa shape index (κ1) is 23.2. The van der Waals surface area contributed by atoms with Crippen LogP contribution in [0.1, 0.15) is 21.6 Å². The zero-order valence-corrected chi connectivity index (χ0v) is 18.2. The molecule has 0 spiro atoms. The molecule has 176 valence electrons. The number of amides is 1. The summed E-state index contributed by atoms with van der Waals surface area (Å²) < 4.78 is 38.9. The molecule has 1 saturated heterocycles. The topological polar surface area (TPSA) is 79.6 Å². The van der Waals surface area contributed by atoms with Gasteiger partial charge in [0.15, 0.2) is 0 Å². The summed E-state index contributed by atoms with van der Waals surface area (Å²) in [6.45, 7) is 2.83. The fraction of sp³-hybridized carbons (Fsp3) is 0.250. The van der Waals surface area contributed by atoms with Crippen molar-refractivity contribution in [2.75, 3.05) is 31.1 Å². The lowest BCUT2D eigenvalue weighted by molar-refractivity contribution is -0.384. The lowest BCUT2D eigenvalue weighted by atomic mass is 10.1. The van der Waals surface area contributed by atoms with Crippen LogP contribution >= 0.6 is 0 Å². The summed E-state index contributed by atoms with van der Waals surface area (Å²) in [4.78, 5) is 31.5. The maximum atomic E-state index is 13.1. The predicted molar refractivity (Wildman–Crippen MR) is 121 cm³/mol. The summed E-state index contributed by atoms with van der Waals surface area (Å²) in [7, 11) is 0. The van der Waals surface area contributed by atoms with Gasteiger partial charge in [-0.25, -0.2) is 0 Å². The Morgan fingerprint density at radius 2 is 1.68 bits per heavy atom. The van der Waals surface area contributed by atoms with E-state index in [2.05, 4.69) is 4.98 Å². The number of rotatable bonds is 4. The largest absolute Gasteiger partial charge is 0.416 e. The third-order valence-corrected chi connectivity index (χ3v) is 5.79. The Kier molecular flexibility index (Phi) is 6.23. The highest BCUT2D eigenvalue weighted by atomic mass is 19.4. The maximum absolute atomic E-state index is 13.1. The number of halogens is 3. The summed E-state index contributed by atoms with van der Waals surface area (Å²) in [5, 5.41) is 11.4. The molecule has 0 unspecified atom stereocenters. The van der Waals surface area contributed by atoms with Crippen molar-refractivity contribution in [2.45, 2.75) is 13.1 Å². The number of aryl methyl sites for hydroxylation is 1. The van der Waals surface area contributed by atoms with Crippen molar-refractivity contribution in [3.8, 4) is 11.3 Å². The molecule has 7 nitrogen and oxygen atoms in total. The van der Waals surface area contributed by atoms with E-state index in [1.54, 1.807) is 28.9 Å². The second kappa shape index (κ2) is 9.12. The number of benzene rings is 2. The fourth-order valence-corrected chi connectivity index (χ4v) is 3.99. The average molecular weight is 470 g/mol. The molecule has 2 heterocycles. The van der Waals surface area contributed by atoms with Gasteiger partial charge in [0.1, 0.15) is 5.69 Å². The number of nitro groups is 1. The molecule has 0 N–H and O–H groups in total. The van der Waals surface area contributed by atoms with Gasteiger partial charge in [-0.2, -0.15) is 13.2 Å². The van der Waals surface area contributed by atoms with Gasteiger partial charge in [0, 0.05) is 37.8 Å². The zero-order valence-electron chi connectivity index (χ0n) is 18.2. The monoisotopic (exact) mass is 470 g/mol. The van der Waals surface area contributed by atoms with Crippen LogP contribution in [0.2, 0.25) is 0 Å². The van der Waals surface area contributed by atoms with Crippen molar-refractivity contribution in [3.05, 3.63) is 87.6 Å². The number of hydrogen-bond donors (Lipinski definition) is 0. The number of anilines is 1. The van der Waals surface area contributed by atoms with E-state index < -0.39 is 22.4 Å². The van der Waals surface area contributed by atoms with Crippen LogP contribution in [0.4, 0.5) is 24.5 Å². The zero-order chi connectivity index (χ0) is 24.5. The molecule has 1 aromatic heterocycles. The van der Waals surface area contributed by atoms with Gasteiger partial charge in [-0.05, 0) is 31.2 Å². The van der Waals surface area contributed by atoms with Crippen molar-refractivity contribution >= 4 is 17.3 Å². The van der Waals surface area contributed by atoms with Gasteiger partial charge >= 0.3 is 6.18 Å². The van der Waals surface area contributed by atoms with E-state index in [1.165, 1.54) is 0 Å².